The van der Waals surface area contributed by atoms with Gasteiger partial charge < -0.3 is 5.32 Å². The molecule has 0 aliphatic carbocycles. The highest BCUT2D eigenvalue weighted by Crippen LogP contribution is 2.26. The van der Waals surface area contributed by atoms with Gasteiger partial charge in [0.15, 0.2) is 0 Å². The maximum atomic E-state index is 5.42. The number of hydrogen-bond acceptors (Lipinski definition) is 6. The Balaban J connectivity index is 1.95. The molecule has 5 nitrogen and oxygen atoms in total. The van der Waals surface area contributed by atoms with Crippen molar-refractivity contribution in [1.82, 2.24) is 9.97 Å². The van der Waals surface area contributed by atoms with Crippen LogP contribution in [-0.2, 0) is 6.54 Å². The van der Waals surface area contributed by atoms with Gasteiger partial charge in [-0.3, -0.25) is 5.43 Å². The molecule has 0 spiro atoms. The summed E-state index contributed by atoms with van der Waals surface area (Å²) in [6.45, 7) is 0.698. The molecule has 1 aromatic carbocycles. The minimum atomic E-state index is 0.399. The van der Waals surface area contributed by atoms with Crippen LogP contribution in [0.15, 0.2) is 40.2 Å². The summed E-state index contributed by atoms with van der Waals surface area (Å²) in [7, 11) is 0. The van der Waals surface area contributed by atoms with Crippen molar-refractivity contribution >= 4 is 49.9 Å². The summed E-state index contributed by atoms with van der Waals surface area (Å²) in [5.74, 6) is 6.58. The van der Waals surface area contributed by atoms with Gasteiger partial charge >= 0.3 is 0 Å². The van der Waals surface area contributed by atoms with Crippen molar-refractivity contribution in [3.8, 4) is 0 Å². The van der Waals surface area contributed by atoms with E-state index >= 15 is 0 Å². The van der Waals surface area contributed by atoms with Crippen LogP contribution in [0.1, 0.15) is 4.88 Å². The average Bonchev–Trinajstić information content (AvgIpc) is 2.89. The molecule has 3 rings (SSSR count). The van der Waals surface area contributed by atoms with Crippen LogP contribution in [0, 0.1) is 0 Å². The van der Waals surface area contributed by atoms with Crippen LogP contribution >= 0.6 is 27.3 Å². The summed E-state index contributed by atoms with van der Waals surface area (Å²) < 4.78 is 1.10. The highest BCUT2D eigenvalue weighted by atomic mass is 79.9. The van der Waals surface area contributed by atoms with Crippen molar-refractivity contribution in [2.75, 3.05) is 10.7 Å². The number of para-hydroxylation sites is 1. The Morgan fingerprint density at radius 1 is 1.20 bits per heavy atom. The fourth-order valence-corrected chi connectivity index (χ4v) is 3.32. The number of hydrogen-bond donors (Lipinski definition) is 3. The molecule has 4 N–H and O–H groups in total. The fourth-order valence-electron chi connectivity index (χ4n) is 1.89. The van der Waals surface area contributed by atoms with Crippen LogP contribution in [0.3, 0.4) is 0 Å². The Morgan fingerprint density at radius 2 is 2.05 bits per heavy atom. The van der Waals surface area contributed by atoms with E-state index in [1.807, 2.05) is 35.7 Å². The number of anilines is 2. The van der Waals surface area contributed by atoms with Crippen LogP contribution in [-0.4, -0.2) is 9.97 Å². The van der Waals surface area contributed by atoms with Crippen LogP contribution < -0.4 is 16.6 Å². The van der Waals surface area contributed by atoms with Crippen LogP contribution in [0.2, 0.25) is 0 Å². The lowest BCUT2D eigenvalue weighted by Crippen LogP contribution is -2.12. The zero-order chi connectivity index (χ0) is 13.9. The van der Waals surface area contributed by atoms with Crippen molar-refractivity contribution < 1.29 is 0 Å². The summed E-state index contributed by atoms with van der Waals surface area (Å²) in [5, 5.41) is 6.36. The standard InChI is InChI=1S/C13H12BrN5S/c14-9-5-6-20-11(9)7-16-12-8-3-1-2-4-10(8)17-13(18-12)19-15/h1-6H,7,15H2,(H2,16,17,18,19). The van der Waals surface area contributed by atoms with Crippen molar-refractivity contribution in [3.05, 3.63) is 45.1 Å². The molecule has 0 fully saturated rings. The number of thiophene rings is 1. The van der Waals surface area contributed by atoms with Crippen LogP contribution in [0.4, 0.5) is 11.8 Å². The average molecular weight is 350 g/mol. The monoisotopic (exact) mass is 349 g/mol. The third-order valence-corrected chi connectivity index (χ3v) is 4.77. The first kappa shape index (κ1) is 13.3. The molecule has 0 bridgehead atoms. The topological polar surface area (TPSA) is 75.9 Å². The molecule has 2 aromatic heterocycles. The zero-order valence-corrected chi connectivity index (χ0v) is 12.8. The van der Waals surface area contributed by atoms with E-state index in [0.29, 0.717) is 12.5 Å². The fraction of sp³-hybridized carbons (Fsp3) is 0.0769. The van der Waals surface area contributed by atoms with Crippen molar-refractivity contribution in [1.29, 1.82) is 0 Å². The van der Waals surface area contributed by atoms with Gasteiger partial charge in [-0.2, -0.15) is 4.98 Å². The molecule has 0 saturated carbocycles. The smallest absolute Gasteiger partial charge is 0.239 e. The third-order valence-electron chi connectivity index (χ3n) is 2.84. The Bertz CT molecular complexity index is 742. The van der Waals surface area contributed by atoms with Gasteiger partial charge in [0.1, 0.15) is 5.82 Å². The second-order valence-corrected chi connectivity index (χ2v) is 5.96. The van der Waals surface area contributed by atoms with E-state index in [1.54, 1.807) is 11.3 Å². The van der Waals surface area contributed by atoms with E-state index in [-0.39, 0.29) is 0 Å². The van der Waals surface area contributed by atoms with Crippen molar-refractivity contribution in [2.24, 2.45) is 5.84 Å². The number of halogens is 1. The molecule has 2 heterocycles. The van der Waals surface area contributed by atoms with Crippen molar-refractivity contribution in [3.63, 3.8) is 0 Å². The normalized spacial score (nSPS) is 10.7. The quantitative estimate of drug-likeness (QED) is 0.497. The molecular weight excluding hydrogens is 338 g/mol. The summed E-state index contributed by atoms with van der Waals surface area (Å²) in [4.78, 5) is 9.92. The molecule has 0 unspecified atom stereocenters. The predicted octanol–water partition coefficient (Wildman–Crippen LogP) is 3.35. The van der Waals surface area contributed by atoms with Crippen molar-refractivity contribution in [2.45, 2.75) is 6.54 Å². The first-order valence-corrected chi connectivity index (χ1v) is 7.64. The number of fused-ring (bicyclic) bond motifs is 1. The summed E-state index contributed by atoms with van der Waals surface area (Å²) >= 11 is 5.21. The molecule has 0 radical (unpaired) electrons. The SMILES string of the molecule is NNc1nc(NCc2sccc2Br)c2ccccc2n1. The van der Waals surface area contributed by atoms with Gasteiger partial charge in [-0.25, -0.2) is 10.8 Å². The van der Waals surface area contributed by atoms with E-state index in [4.69, 9.17) is 5.84 Å². The molecule has 0 amide bonds. The Hall–Kier alpha value is -1.70. The number of nitrogens with zero attached hydrogens (tertiary/aromatic N) is 2. The zero-order valence-electron chi connectivity index (χ0n) is 10.4. The van der Waals surface area contributed by atoms with E-state index in [2.05, 4.69) is 36.6 Å². The molecular formula is C13H12BrN5S. The van der Waals surface area contributed by atoms with Crippen LogP contribution in [0.25, 0.3) is 10.9 Å². The van der Waals surface area contributed by atoms with Gasteiger partial charge in [-0.05, 0) is 39.5 Å². The molecule has 7 heteroatoms. The highest BCUT2D eigenvalue weighted by molar-refractivity contribution is 9.10. The van der Waals surface area contributed by atoms with Gasteiger partial charge in [-0.1, -0.05) is 12.1 Å². The maximum Gasteiger partial charge on any atom is 0.239 e. The number of hydrazine groups is 1. The van der Waals surface area contributed by atoms with Gasteiger partial charge in [0, 0.05) is 14.7 Å². The first-order chi connectivity index (χ1) is 9.78. The number of nitrogens with one attached hydrogen (secondary N) is 2. The Morgan fingerprint density at radius 3 is 2.80 bits per heavy atom. The lowest BCUT2D eigenvalue weighted by Gasteiger charge is -2.10. The summed E-state index contributed by atoms with van der Waals surface area (Å²) in [6, 6.07) is 9.86. The number of aromatic nitrogens is 2. The van der Waals surface area contributed by atoms with Gasteiger partial charge in [0.25, 0.3) is 0 Å². The predicted molar refractivity (Wildman–Crippen MR) is 86.7 cm³/mol. The van der Waals surface area contributed by atoms with Crippen LogP contribution in [0.5, 0.6) is 0 Å². The number of nitrogens with two attached hydrogens (primary N) is 1. The number of benzene rings is 1. The summed E-state index contributed by atoms with van der Waals surface area (Å²) in [6.07, 6.45) is 0. The van der Waals surface area contributed by atoms with E-state index < -0.39 is 0 Å². The lowest BCUT2D eigenvalue weighted by molar-refractivity contribution is 1.10. The molecule has 102 valence electrons. The van der Waals surface area contributed by atoms with Gasteiger partial charge in [0.2, 0.25) is 5.95 Å². The molecule has 0 aliphatic rings. The minimum Gasteiger partial charge on any atom is -0.364 e. The molecule has 0 aliphatic heterocycles. The third kappa shape index (κ3) is 2.60. The molecule has 3 aromatic rings. The van der Waals surface area contributed by atoms with Gasteiger partial charge in [0.05, 0.1) is 12.1 Å². The second-order valence-electron chi connectivity index (χ2n) is 4.10. The minimum absolute atomic E-state index is 0.399. The molecule has 0 atom stereocenters. The van der Waals surface area contributed by atoms with E-state index in [0.717, 1.165) is 21.2 Å². The van der Waals surface area contributed by atoms with E-state index in [9.17, 15) is 0 Å². The first-order valence-electron chi connectivity index (χ1n) is 5.97. The van der Waals surface area contributed by atoms with Gasteiger partial charge in [-0.15, -0.1) is 11.3 Å². The highest BCUT2D eigenvalue weighted by Gasteiger charge is 2.08. The Labute approximate surface area is 128 Å². The number of nitrogen functional groups attached to an aromatic ring is 1. The summed E-state index contributed by atoms with van der Waals surface area (Å²) in [5.41, 5.74) is 3.35. The largest absolute Gasteiger partial charge is 0.364 e. The maximum absolute atomic E-state index is 5.42. The Kier molecular flexibility index (Phi) is 3.81. The molecule has 0 saturated heterocycles. The lowest BCUT2D eigenvalue weighted by atomic mass is 10.2. The van der Waals surface area contributed by atoms with E-state index in [1.165, 1.54) is 4.88 Å². The second kappa shape index (κ2) is 5.74. The number of rotatable bonds is 4. The molecule has 20 heavy (non-hydrogen) atoms.